The molecule has 0 saturated heterocycles. The second-order valence-electron chi connectivity index (χ2n) is 17.2. The van der Waals surface area contributed by atoms with Crippen molar-refractivity contribution in [1.82, 2.24) is 14.1 Å². The summed E-state index contributed by atoms with van der Waals surface area (Å²) in [6.45, 7) is 10.1. The number of hydrogen-bond acceptors (Lipinski definition) is 2. The lowest BCUT2D eigenvalue weighted by atomic mass is 9.88. The molecule has 0 bridgehead atoms. The summed E-state index contributed by atoms with van der Waals surface area (Å²) in [7, 11) is 0. The highest BCUT2D eigenvalue weighted by molar-refractivity contribution is 6.09. The SMILES string of the molecule is [2H]c1c([2H])c([2H])c(-c2cccc(-c3cccc(CC(C)C)c3)c2-[n+]2[c-]n(-c3cccc(Oc4ccc5c6ccccc6n(-c6cc(C([2H])([2H])C(C)(C)C)ccn6)c5c4)c3)c3ccccc32)c([2H])c1[2H]. The summed E-state index contributed by atoms with van der Waals surface area (Å²) in [5.41, 5.74) is 8.19. The lowest BCUT2D eigenvalue weighted by molar-refractivity contribution is -0.571. The van der Waals surface area contributed by atoms with Gasteiger partial charge in [-0.15, -0.1) is 0 Å². The molecular weight excluding hydrogens is 757 g/mol. The van der Waals surface area contributed by atoms with E-state index in [2.05, 4.69) is 42.9 Å². The summed E-state index contributed by atoms with van der Waals surface area (Å²) in [6.07, 6.45) is 4.58. The van der Waals surface area contributed by atoms with Gasteiger partial charge in [-0.1, -0.05) is 156 Å². The molecule has 0 unspecified atom stereocenters. The summed E-state index contributed by atoms with van der Waals surface area (Å²) in [4.78, 5) is 4.77. The summed E-state index contributed by atoms with van der Waals surface area (Å²) >= 11 is 0. The number of nitrogens with zero attached hydrogens (tertiary/aromatic N) is 4. The van der Waals surface area contributed by atoms with Crippen molar-refractivity contribution >= 4 is 32.8 Å². The van der Waals surface area contributed by atoms with Gasteiger partial charge >= 0.3 is 0 Å². The molecule has 304 valence electrons. The summed E-state index contributed by atoms with van der Waals surface area (Å²) in [5.74, 6) is 2.21. The van der Waals surface area contributed by atoms with Gasteiger partial charge in [0.15, 0.2) is 0 Å². The van der Waals surface area contributed by atoms with Crippen LogP contribution in [0.2, 0.25) is 0 Å². The third-order valence-corrected chi connectivity index (χ3v) is 10.9. The van der Waals surface area contributed by atoms with Crippen LogP contribution in [0.1, 0.15) is 55.3 Å². The molecule has 0 aliphatic rings. The Balaban J connectivity index is 1.11. The maximum Gasteiger partial charge on any atom is 0.269 e. The number of ether oxygens (including phenoxy) is 1. The highest BCUT2D eigenvalue weighted by Crippen LogP contribution is 2.37. The molecular formula is C57H50N4O. The van der Waals surface area contributed by atoms with Gasteiger partial charge in [-0.3, -0.25) is 13.7 Å². The first-order chi connectivity index (χ1) is 33.0. The third-order valence-electron chi connectivity index (χ3n) is 10.9. The monoisotopic (exact) mass is 813 g/mol. The predicted molar refractivity (Wildman–Crippen MR) is 255 cm³/mol. The smallest absolute Gasteiger partial charge is 0.269 e. The molecule has 5 heteroatoms. The zero-order valence-corrected chi connectivity index (χ0v) is 35.4. The Hall–Kier alpha value is -7.24. The van der Waals surface area contributed by atoms with E-state index in [-0.39, 0.29) is 17.6 Å². The first-order valence-corrected chi connectivity index (χ1v) is 21.0. The molecule has 0 N–H and O–H groups in total. The maximum atomic E-state index is 9.09. The van der Waals surface area contributed by atoms with E-state index in [0.29, 0.717) is 40.0 Å². The molecule has 3 heterocycles. The van der Waals surface area contributed by atoms with E-state index < -0.39 is 29.9 Å². The molecule has 0 fully saturated rings. The molecule has 62 heavy (non-hydrogen) atoms. The van der Waals surface area contributed by atoms with Gasteiger partial charge in [0.05, 0.1) is 40.3 Å². The fourth-order valence-electron chi connectivity index (χ4n) is 8.49. The maximum absolute atomic E-state index is 9.09. The van der Waals surface area contributed by atoms with Crippen molar-refractivity contribution in [1.29, 1.82) is 0 Å². The van der Waals surface area contributed by atoms with Crippen molar-refractivity contribution < 1.29 is 18.9 Å². The average Bonchev–Trinajstić information content (AvgIpc) is 3.88. The molecule has 0 radical (unpaired) electrons. The van der Waals surface area contributed by atoms with Crippen LogP contribution >= 0.6 is 0 Å². The lowest BCUT2D eigenvalue weighted by Crippen LogP contribution is -2.31. The van der Waals surface area contributed by atoms with E-state index in [1.54, 1.807) is 12.3 Å². The van der Waals surface area contributed by atoms with Gasteiger partial charge in [-0.05, 0) is 106 Å². The van der Waals surface area contributed by atoms with Gasteiger partial charge in [-0.2, -0.15) is 0 Å². The van der Waals surface area contributed by atoms with Crippen LogP contribution in [0.3, 0.4) is 0 Å². The number of hydrogen-bond donors (Lipinski definition) is 0. The van der Waals surface area contributed by atoms with Crippen molar-refractivity contribution in [3.8, 4) is 50.9 Å². The second-order valence-corrected chi connectivity index (χ2v) is 17.2. The van der Waals surface area contributed by atoms with Crippen LogP contribution in [0.4, 0.5) is 0 Å². The molecule has 0 aliphatic heterocycles. The summed E-state index contributed by atoms with van der Waals surface area (Å²) in [5, 5.41) is 2.04. The first-order valence-electron chi connectivity index (χ1n) is 24.5. The fraction of sp³-hybridized carbons (Fsp3) is 0.158. The van der Waals surface area contributed by atoms with E-state index in [9.17, 15) is 0 Å². The van der Waals surface area contributed by atoms with Crippen molar-refractivity contribution in [3.63, 3.8) is 0 Å². The topological polar surface area (TPSA) is 35.9 Å². The fourth-order valence-corrected chi connectivity index (χ4v) is 8.49. The third kappa shape index (κ3) is 7.56. The van der Waals surface area contributed by atoms with E-state index in [1.807, 2.05) is 151 Å². The number of pyridine rings is 1. The Morgan fingerprint density at radius 1 is 0.677 bits per heavy atom. The first kappa shape index (κ1) is 31.6. The number of para-hydroxylation sites is 4. The summed E-state index contributed by atoms with van der Waals surface area (Å²) in [6, 6.07) is 45.7. The molecule has 0 saturated carbocycles. The Morgan fingerprint density at radius 2 is 1.40 bits per heavy atom. The standard InChI is InChI=1S/C57H50N4O/c1-39(2)32-40-16-13-19-43(33-40)48-24-15-23-47(42-17-7-6-8-18-42)56(48)60-38-59(52-26-11-12-27-53(52)60)44-20-14-21-45(35-44)62-46-28-29-50-49-22-9-10-25-51(49)61(54(50)36-46)55-34-41(30-31-58-55)37-57(3,4)5/h6-31,33-36,39H,32,37H2,1-5H3/i6D,7D,8D,17D,18D,37D2. The number of fused-ring (bicyclic) bond motifs is 4. The minimum Gasteiger partial charge on any atom is -0.458 e. The summed E-state index contributed by atoms with van der Waals surface area (Å²) < 4.78 is 74.5. The van der Waals surface area contributed by atoms with E-state index >= 15 is 0 Å². The van der Waals surface area contributed by atoms with Crippen molar-refractivity contribution in [2.75, 3.05) is 0 Å². The molecule has 0 aliphatic carbocycles. The zero-order valence-electron chi connectivity index (χ0n) is 42.4. The molecule has 0 amide bonds. The largest absolute Gasteiger partial charge is 0.458 e. The lowest BCUT2D eigenvalue weighted by Gasteiger charge is -2.18. The van der Waals surface area contributed by atoms with E-state index in [4.69, 9.17) is 19.3 Å². The van der Waals surface area contributed by atoms with Crippen LogP contribution in [0.25, 0.3) is 72.3 Å². The zero-order chi connectivity index (χ0) is 48.5. The highest BCUT2D eigenvalue weighted by atomic mass is 16.5. The normalized spacial score (nSPS) is 13.7. The molecule has 3 aromatic heterocycles. The Labute approximate surface area is 374 Å². The molecule has 0 spiro atoms. The Bertz CT molecular complexity index is 3610. The molecule has 7 aromatic carbocycles. The van der Waals surface area contributed by atoms with Crippen LogP contribution < -0.4 is 9.30 Å². The van der Waals surface area contributed by atoms with Crippen molar-refractivity contribution in [2.24, 2.45) is 11.3 Å². The van der Waals surface area contributed by atoms with Crippen LogP contribution in [0.5, 0.6) is 11.5 Å². The minimum atomic E-state index is -1.61. The Morgan fingerprint density at radius 3 is 2.23 bits per heavy atom. The molecule has 10 rings (SSSR count). The van der Waals surface area contributed by atoms with Gasteiger partial charge in [0, 0.05) is 25.8 Å². The number of imidazole rings is 1. The van der Waals surface area contributed by atoms with E-state index in [0.717, 1.165) is 56.1 Å². The number of benzene rings is 7. The van der Waals surface area contributed by atoms with Gasteiger partial charge in [0.2, 0.25) is 0 Å². The highest BCUT2D eigenvalue weighted by Gasteiger charge is 2.21. The minimum absolute atomic E-state index is 0.106. The van der Waals surface area contributed by atoms with Crippen LogP contribution in [-0.2, 0) is 12.8 Å². The van der Waals surface area contributed by atoms with Crippen molar-refractivity contribution in [2.45, 2.75) is 47.4 Å². The Kier molecular flexibility index (Phi) is 8.15. The predicted octanol–water partition coefficient (Wildman–Crippen LogP) is 14.1. The van der Waals surface area contributed by atoms with Gasteiger partial charge in [-0.25, -0.2) is 4.98 Å². The molecule has 10 aromatic rings. The number of aromatic nitrogens is 4. The van der Waals surface area contributed by atoms with Crippen LogP contribution in [-0.4, -0.2) is 14.1 Å². The molecule has 5 nitrogen and oxygen atoms in total. The van der Waals surface area contributed by atoms with Gasteiger partial charge < -0.3 is 4.74 Å². The van der Waals surface area contributed by atoms with Crippen molar-refractivity contribution in [3.05, 3.63) is 199 Å². The second kappa shape index (κ2) is 16.0. The van der Waals surface area contributed by atoms with Crippen LogP contribution in [0.15, 0.2) is 182 Å². The quantitative estimate of drug-likeness (QED) is 0.102. The number of rotatable bonds is 10. The van der Waals surface area contributed by atoms with Gasteiger partial charge in [0.25, 0.3) is 6.33 Å². The van der Waals surface area contributed by atoms with E-state index in [1.165, 1.54) is 5.56 Å². The van der Waals surface area contributed by atoms with Gasteiger partial charge in [0.1, 0.15) is 17.3 Å². The van der Waals surface area contributed by atoms with Crippen LogP contribution in [0, 0.1) is 17.7 Å². The average molecular weight is 814 g/mol. The molecule has 0 atom stereocenters.